The van der Waals surface area contributed by atoms with Gasteiger partial charge in [0.15, 0.2) is 0 Å². The number of carbonyl (C=O) groups is 2. The Kier molecular flexibility index (Phi) is 7.05. The number of aromatic nitrogens is 1. The number of nitrogen functional groups attached to an aromatic ring is 1. The second-order valence-corrected chi connectivity index (χ2v) is 8.48. The fourth-order valence-electron chi connectivity index (χ4n) is 4.22. The number of nitrogens with zero attached hydrogens (tertiary/aromatic N) is 1. The summed E-state index contributed by atoms with van der Waals surface area (Å²) in [5.41, 5.74) is 9.87. The molecule has 1 amide bonds. The minimum atomic E-state index is -1.07. The molecule has 0 unspecified atom stereocenters. The summed E-state index contributed by atoms with van der Waals surface area (Å²) >= 11 is 0. The maximum absolute atomic E-state index is 12.7. The molecule has 0 radical (unpaired) electrons. The van der Waals surface area contributed by atoms with Crippen molar-refractivity contribution in [2.75, 3.05) is 13.7 Å². The normalized spacial score (nSPS) is 10.8. The van der Waals surface area contributed by atoms with Gasteiger partial charge in [0.2, 0.25) is 0 Å². The van der Waals surface area contributed by atoms with Gasteiger partial charge >= 0.3 is 5.97 Å². The topological polar surface area (TPSA) is 130 Å². The van der Waals surface area contributed by atoms with Gasteiger partial charge in [0.05, 0.1) is 12.7 Å². The lowest BCUT2D eigenvalue weighted by molar-refractivity contribution is 0.0697. The smallest absolute Gasteiger partial charge is 0.336 e. The van der Waals surface area contributed by atoms with Crippen LogP contribution in [0, 0.1) is 5.41 Å². The third-order valence-corrected chi connectivity index (χ3v) is 6.07. The zero-order valence-electron chi connectivity index (χ0n) is 20.2. The highest BCUT2D eigenvalue weighted by atomic mass is 16.5. The van der Waals surface area contributed by atoms with E-state index in [1.807, 2.05) is 42.0 Å². The van der Waals surface area contributed by atoms with Crippen LogP contribution in [0.1, 0.15) is 45.2 Å². The van der Waals surface area contributed by atoms with Crippen molar-refractivity contribution in [1.29, 1.82) is 5.41 Å². The Morgan fingerprint density at radius 3 is 2.47 bits per heavy atom. The van der Waals surface area contributed by atoms with Crippen molar-refractivity contribution in [2.45, 2.75) is 19.9 Å². The first-order valence-corrected chi connectivity index (χ1v) is 11.6. The molecule has 0 aliphatic heterocycles. The number of carboxylic acid groups (broad SMARTS) is 1. The van der Waals surface area contributed by atoms with Gasteiger partial charge in [0.1, 0.15) is 11.6 Å². The predicted molar refractivity (Wildman–Crippen MR) is 140 cm³/mol. The standard InChI is InChI=1S/C28H28N4O4/c1-3-11-31-27(33)19-4-7-22(23-8-6-21(36-2)15-24(23)28(34)35)20(14-19)16-32-12-10-17-13-18(26(29)30)5-9-25(17)32/h4-10,12-15H,3,11,16H2,1-2H3,(H3,29,30)(H,31,33)(H,34,35). The molecule has 8 nitrogen and oxygen atoms in total. The van der Waals surface area contributed by atoms with E-state index in [1.54, 1.807) is 30.3 Å². The van der Waals surface area contributed by atoms with Crippen LogP contribution in [0.4, 0.5) is 0 Å². The summed E-state index contributed by atoms with van der Waals surface area (Å²) in [6.07, 6.45) is 2.75. The molecule has 3 aromatic carbocycles. The predicted octanol–water partition coefficient (Wildman–Crippen LogP) is 4.49. The van der Waals surface area contributed by atoms with Crippen molar-refractivity contribution in [3.05, 3.63) is 89.1 Å². The number of amides is 1. The molecule has 4 rings (SSSR count). The van der Waals surface area contributed by atoms with E-state index in [2.05, 4.69) is 5.32 Å². The third kappa shape index (κ3) is 4.93. The van der Waals surface area contributed by atoms with Crippen molar-refractivity contribution in [3.8, 4) is 16.9 Å². The first-order chi connectivity index (χ1) is 17.3. The van der Waals surface area contributed by atoms with E-state index >= 15 is 0 Å². The molecule has 1 aromatic heterocycles. The summed E-state index contributed by atoms with van der Waals surface area (Å²) in [6.45, 7) is 2.96. The Morgan fingerprint density at radius 2 is 1.78 bits per heavy atom. The second kappa shape index (κ2) is 10.4. The Bertz CT molecular complexity index is 1470. The molecule has 0 saturated heterocycles. The number of ether oxygens (including phenoxy) is 1. The Balaban J connectivity index is 1.84. The lowest BCUT2D eigenvalue weighted by Crippen LogP contribution is -2.24. The van der Waals surface area contributed by atoms with Gasteiger partial charge in [-0.2, -0.15) is 0 Å². The van der Waals surface area contributed by atoms with Crippen LogP contribution < -0.4 is 15.8 Å². The van der Waals surface area contributed by atoms with Gasteiger partial charge in [0.25, 0.3) is 5.91 Å². The molecule has 4 aromatic rings. The molecule has 0 fully saturated rings. The summed E-state index contributed by atoms with van der Waals surface area (Å²) in [5.74, 6) is -0.798. The number of methoxy groups -OCH3 is 1. The number of carbonyl (C=O) groups excluding carboxylic acids is 1. The molecule has 0 aliphatic rings. The highest BCUT2D eigenvalue weighted by molar-refractivity contribution is 6.00. The van der Waals surface area contributed by atoms with Gasteiger partial charge in [-0.05, 0) is 77.7 Å². The molecule has 1 heterocycles. The van der Waals surface area contributed by atoms with E-state index in [9.17, 15) is 14.7 Å². The maximum Gasteiger partial charge on any atom is 0.336 e. The third-order valence-electron chi connectivity index (χ3n) is 6.07. The Hall–Kier alpha value is -4.59. The quantitative estimate of drug-likeness (QED) is 0.205. The summed E-state index contributed by atoms with van der Waals surface area (Å²) in [7, 11) is 1.49. The van der Waals surface area contributed by atoms with Crippen LogP contribution in [0.3, 0.4) is 0 Å². The zero-order chi connectivity index (χ0) is 25.8. The van der Waals surface area contributed by atoms with Crippen molar-refractivity contribution in [3.63, 3.8) is 0 Å². The van der Waals surface area contributed by atoms with E-state index in [0.717, 1.165) is 22.9 Å². The number of hydrogen-bond acceptors (Lipinski definition) is 4. The average molecular weight is 485 g/mol. The maximum atomic E-state index is 12.7. The summed E-state index contributed by atoms with van der Waals surface area (Å²) in [5, 5.41) is 21.4. The lowest BCUT2D eigenvalue weighted by atomic mass is 9.93. The van der Waals surface area contributed by atoms with Gasteiger partial charge in [-0.1, -0.05) is 13.0 Å². The van der Waals surface area contributed by atoms with Crippen LogP contribution >= 0.6 is 0 Å². The first kappa shape index (κ1) is 24.5. The Morgan fingerprint density at radius 1 is 1.03 bits per heavy atom. The van der Waals surface area contributed by atoms with E-state index in [-0.39, 0.29) is 17.3 Å². The van der Waals surface area contributed by atoms with Crippen LogP contribution in [-0.2, 0) is 6.54 Å². The SMILES string of the molecule is CCCNC(=O)c1ccc(-c2ccc(OC)cc2C(=O)O)c(Cn2ccc3cc(C(=N)N)ccc32)c1. The van der Waals surface area contributed by atoms with Gasteiger partial charge in [0, 0.05) is 41.3 Å². The molecule has 184 valence electrons. The van der Waals surface area contributed by atoms with Gasteiger partial charge in [-0.3, -0.25) is 10.2 Å². The van der Waals surface area contributed by atoms with Crippen LogP contribution in [0.2, 0.25) is 0 Å². The number of fused-ring (bicyclic) bond motifs is 1. The van der Waals surface area contributed by atoms with Gasteiger partial charge < -0.3 is 25.5 Å². The number of rotatable bonds is 9. The van der Waals surface area contributed by atoms with Crippen LogP contribution in [-0.4, -0.2) is 41.0 Å². The molecule has 0 spiro atoms. The number of carboxylic acids is 1. The highest BCUT2D eigenvalue weighted by Gasteiger charge is 2.18. The average Bonchev–Trinajstić information content (AvgIpc) is 3.28. The Labute approximate surface area is 208 Å². The van der Waals surface area contributed by atoms with Crippen LogP contribution in [0.5, 0.6) is 5.75 Å². The van der Waals surface area contributed by atoms with E-state index in [1.165, 1.54) is 13.2 Å². The summed E-state index contributed by atoms with van der Waals surface area (Å²) in [6, 6.07) is 17.8. The number of aromatic carboxylic acids is 1. The molecule has 36 heavy (non-hydrogen) atoms. The molecule has 5 N–H and O–H groups in total. The van der Waals surface area contributed by atoms with Crippen molar-refractivity contribution in [2.24, 2.45) is 5.73 Å². The van der Waals surface area contributed by atoms with E-state index in [4.69, 9.17) is 15.9 Å². The minimum Gasteiger partial charge on any atom is -0.497 e. The monoisotopic (exact) mass is 484 g/mol. The van der Waals surface area contributed by atoms with Gasteiger partial charge in [-0.25, -0.2) is 4.79 Å². The number of hydrogen-bond donors (Lipinski definition) is 4. The minimum absolute atomic E-state index is 0.00145. The van der Waals surface area contributed by atoms with Crippen molar-refractivity contribution >= 4 is 28.6 Å². The summed E-state index contributed by atoms with van der Waals surface area (Å²) in [4.78, 5) is 24.8. The van der Waals surface area contributed by atoms with Crippen LogP contribution in [0.15, 0.2) is 66.9 Å². The first-order valence-electron chi connectivity index (χ1n) is 11.6. The highest BCUT2D eigenvalue weighted by Crippen LogP contribution is 2.32. The van der Waals surface area contributed by atoms with Crippen LogP contribution in [0.25, 0.3) is 22.0 Å². The fourth-order valence-corrected chi connectivity index (χ4v) is 4.22. The number of amidine groups is 1. The molecule has 8 heteroatoms. The fraction of sp³-hybridized carbons (Fsp3) is 0.179. The molecular weight excluding hydrogens is 456 g/mol. The number of benzene rings is 3. The molecule has 0 saturated carbocycles. The molecule has 0 aliphatic carbocycles. The largest absolute Gasteiger partial charge is 0.497 e. The van der Waals surface area contributed by atoms with E-state index < -0.39 is 5.97 Å². The zero-order valence-corrected chi connectivity index (χ0v) is 20.2. The number of nitrogens with two attached hydrogens (primary N) is 1. The lowest BCUT2D eigenvalue weighted by Gasteiger charge is -2.16. The second-order valence-electron chi connectivity index (χ2n) is 8.48. The molecular formula is C28H28N4O4. The van der Waals surface area contributed by atoms with E-state index in [0.29, 0.717) is 41.1 Å². The van der Waals surface area contributed by atoms with Gasteiger partial charge in [-0.15, -0.1) is 0 Å². The summed E-state index contributed by atoms with van der Waals surface area (Å²) < 4.78 is 7.25. The molecule has 0 bridgehead atoms. The molecule has 0 atom stereocenters. The number of nitrogens with one attached hydrogen (secondary N) is 2. The van der Waals surface area contributed by atoms with Crippen molar-refractivity contribution < 1.29 is 19.4 Å². The van der Waals surface area contributed by atoms with Crippen molar-refractivity contribution in [1.82, 2.24) is 9.88 Å².